The van der Waals surface area contributed by atoms with Crippen LogP contribution in [-0.2, 0) is 31.2 Å². The van der Waals surface area contributed by atoms with Crippen LogP contribution in [-0.4, -0.2) is 45.4 Å². The van der Waals surface area contributed by atoms with Gasteiger partial charge in [-0.15, -0.1) is 11.3 Å². The molecule has 5 nitrogen and oxygen atoms in total. The molecule has 4 rings (SSSR count). The van der Waals surface area contributed by atoms with E-state index in [1.165, 1.54) is 41.4 Å². The fraction of sp³-hybridized carbons (Fsp3) is 0.650. The second kappa shape index (κ2) is 8.21. The lowest BCUT2D eigenvalue weighted by Gasteiger charge is -2.26. The first-order valence-corrected chi connectivity index (χ1v) is 10.7. The highest BCUT2D eigenvalue weighted by Crippen LogP contribution is 2.33. The maximum absolute atomic E-state index is 10.4. The van der Waals surface area contributed by atoms with Crippen LogP contribution in [0, 0.1) is 0 Å². The normalized spacial score (nSPS) is 21.8. The summed E-state index contributed by atoms with van der Waals surface area (Å²) in [5, 5.41) is 12.5. The number of fused-ring (bicyclic) bond motifs is 1. The minimum Gasteiger partial charge on any atom is -0.389 e. The quantitative estimate of drug-likeness (QED) is 0.808. The van der Waals surface area contributed by atoms with Gasteiger partial charge in [0.25, 0.3) is 0 Å². The molecule has 1 N–H and O–H groups in total. The molecule has 2 aromatic heterocycles. The molecule has 1 aliphatic carbocycles. The number of hydrogen-bond donors (Lipinski definition) is 1. The van der Waals surface area contributed by atoms with Crippen molar-refractivity contribution in [3.8, 4) is 0 Å². The average Bonchev–Trinajstić information content (AvgIpc) is 3.37. The molecule has 0 aromatic carbocycles. The summed E-state index contributed by atoms with van der Waals surface area (Å²) in [5.41, 5.74) is 2.73. The van der Waals surface area contributed by atoms with Crippen LogP contribution in [0.5, 0.6) is 0 Å². The zero-order chi connectivity index (χ0) is 17.9. The zero-order valence-electron chi connectivity index (χ0n) is 15.6. The Balaban J connectivity index is 1.35. The number of rotatable bonds is 7. The maximum Gasteiger partial charge on any atom is 0.126 e. The van der Waals surface area contributed by atoms with Gasteiger partial charge in [0.05, 0.1) is 31.1 Å². The Bertz CT molecular complexity index is 713. The SMILES string of the molecule is Cn1c([C@H]2CCCN2C[C@@H](O)COCc2cccs2)nc2c1CCCC2. The van der Waals surface area contributed by atoms with Gasteiger partial charge in [-0.2, -0.15) is 0 Å². The topological polar surface area (TPSA) is 50.5 Å². The molecule has 2 atom stereocenters. The van der Waals surface area contributed by atoms with Gasteiger partial charge in [0.1, 0.15) is 5.82 Å². The number of nitrogens with zero attached hydrogens (tertiary/aromatic N) is 3. The summed E-state index contributed by atoms with van der Waals surface area (Å²) in [6.07, 6.45) is 6.67. The molecule has 0 bridgehead atoms. The van der Waals surface area contributed by atoms with Crippen molar-refractivity contribution in [3.05, 3.63) is 39.6 Å². The van der Waals surface area contributed by atoms with E-state index in [1.54, 1.807) is 11.3 Å². The number of imidazole rings is 1. The molecular weight excluding hydrogens is 346 g/mol. The molecule has 2 aromatic rings. The van der Waals surface area contributed by atoms with Crippen molar-refractivity contribution in [1.82, 2.24) is 14.5 Å². The third kappa shape index (κ3) is 3.88. The summed E-state index contributed by atoms with van der Waals surface area (Å²) in [7, 11) is 2.17. The molecule has 1 fully saturated rings. The van der Waals surface area contributed by atoms with Crippen LogP contribution in [0.3, 0.4) is 0 Å². The number of thiophene rings is 1. The van der Waals surface area contributed by atoms with E-state index in [1.807, 2.05) is 6.07 Å². The first kappa shape index (κ1) is 18.2. The largest absolute Gasteiger partial charge is 0.389 e. The predicted molar refractivity (Wildman–Crippen MR) is 103 cm³/mol. The van der Waals surface area contributed by atoms with Crippen LogP contribution in [0.4, 0.5) is 0 Å². The fourth-order valence-electron chi connectivity index (χ4n) is 4.36. The summed E-state index contributed by atoms with van der Waals surface area (Å²) >= 11 is 1.69. The predicted octanol–water partition coefficient (Wildman–Crippen LogP) is 3.08. The van der Waals surface area contributed by atoms with Crippen molar-refractivity contribution in [2.75, 3.05) is 19.7 Å². The van der Waals surface area contributed by atoms with Gasteiger partial charge in [-0.1, -0.05) is 6.07 Å². The second-order valence-electron chi connectivity index (χ2n) is 7.53. The highest BCUT2D eigenvalue weighted by atomic mass is 32.1. The van der Waals surface area contributed by atoms with Gasteiger partial charge in [-0.05, 0) is 56.5 Å². The van der Waals surface area contributed by atoms with E-state index in [2.05, 4.69) is 28.0 Å². The third-order valence-electron chi connectivity index (χ3n) is 5.65. The van der Waals surface area contributed by atoms with Gasteiger partial charge in [-0.3, -0.25) is 4.90 Å². The van der Waals surface area contributed by atoms with Crippen LogP contribution in [0.25, 0.3) is 0 Å². The van der Waals surface area contributed by atoms with Gasteiger partial charge >= 0.3 is 0 Å². The molecule has 0 unspecified atom stereocenters. The van der Waals surface area contributed by atoms with E-state index in [0.717, 1.165) is 25.8 Å². The van der Waals surface area contributed by atoms with Crippen LogP contribution >= 0.6 is 11.3 Å². The number of aromatic nitrogens is 2. The Hall–Kier alpha value is -1.21. The van der Waals surface area contributed by atoms with Gasteiger partial charge in [0.2, 0.25) is 0 Å². The zero-order valence-corrected chi connectivity index (χ0v) is 16.4. The Morgan fingerprint density at radius 3 is 3.04 bits per heavy atom. The van der Waals surface area contributed by atoms with Gasteiger partial charge in [0.15, 0.2) is 0 Å². The number of likely N-dealkylation sites (tertiary alicyclic amines) is 1. The van der Waals surface area contributed by atoms with Crippen molar-refractivity contribution < 1.29 is 9.84 Å². The van der Waals surface area contributed by atoms with E-state index in [-0.39, 0.29) is 0 Å². The number of aliphatic hydroxyl groups is 1. The van der Waals surface area contributed by atoms with E-state index in [0.29, 0.717) is 25.8 Å². The molecule has 0 amide bonds. The Labute approximate surface area is 159 Å². The van der Waals surface area contributed by atoms with Crippen LogP contribution in [0.2, 0.25) is 0 Å². The Morgan fingerprint density at radius 2 is 2.23 bits per heavy atom. The Kier molecular flexibility index (Phi) is 5.74. The molecule has 2 aliphatic rings. The molecule has 0 saturated carbocycles. The maximum atomic E-state index is 10.4. The number of hydrogen-bond acceptors (Lipinski definition) is 5. The highest BCUT2D eigenvalue weighted by Gasteiger charge is 2.32. The number of β-amino-alcohol motifs (C(OH)–C–C–N with tert-alkyl or cyclic N) is 1. The van der Waals surface area contributed by atoms with Gasteiger partial charge in [0, 0.05) is 24.2 Å². The molecule has 142 valence electrons. The highest BCUT2D eigenvalue weighted by molar-refractivity contribution is 7.09. The van der Waals surface area contributed by atoms with E-state index >= 15 is 0 Å². The van der Waals surface area contributed by atoms with Crippen LogP contribution in [0.15, 0.2) is 17.5 Å². The molecule has 26 heavy (non-hydrogen) atoms. The summed E-state index contributed by atoms with van der Waals surface area (Å²) in [4.78, 5) is 8.59. The van der Waals surface area contributed by atoms with Gasteiger partial charge < -0.3 is 14.4 Å². The molecule has 0 spiro atoms. The van der Waals surface area contributed by atoms with Crippen LogP contribution in [0.1, 0.15) is 53.8 Å². The molecule has 0 radical (unpaired) electrons. The number of aryl methyl sites for hydroxylation is 1. The standard InChI is InChI=1S/C20H29N3O2S/c1-22-18-8-3-2-7-17(18)21-20(22)19-9-4-10-23(19)12-15(24)13-25-14-16-6-5-11-26-16/h5-6,11,15,19,24H,2-4,7-10,12-14H2,1H3/t15-,19-/m1/s1. The Morgan fingerprint density at radius 1 is 1.35 bits per heavy atom. The molecule has 3 heterocycles. The first-order chi connectivity index (χ1) is 12.7. The van der Waals surface area contributed by atoms with E-state index in [9.17, 15) is 5.11 Å². The van der Waals surface area contributed by atoms with E-state index < -0.39 is 6.10 Å². The minimum atomic E-state index is -0.453. The van der Waals surface area contributed by atoms with Crippen molar-refractivity contribution in [2.45, 2.75) is 57.3 Å². The average molecular weight is 376 g/mol. The van der Waals surface area contributed by atoms with Crippen molar-refractivity contribution in [2.24, 2.45) is 7.05 Å². The lowest BCUT2D eigenvalue weighted by molar-refractivity contribution is 0.00781. The molecular formula is C20H29N3O2S. The third-order valence-corrected chi connectivity index (χ3v) is 6.50. The lowest BCUT2D eigenvalue weighted by atomic mass is 10.0. The van der Waals surface area contributed by atoms with Crippen molar-refractivity contribution >= 4 is 11.3 Å². The summed E-state index contributed by atoms with van der Waals surface area (Å²) in [5.74, 6) is 1.20. The minimum absolute atomic E-state index is 0.331. The summed E-state index contributed by atoms with van der Waals surface area (Å²) in [6.45, 7) is 2.67. The van der Waals surface area contributed by atoms with E-state index in [4.69, 9.17) is 9.72 Å². The van der Waals surface area contributed by atoms with Crippen LogP contribution < -0.4 is 0 Å². The summed E-state index contributed by atoms with van der Waals surface area (Å²) < 4.78 is 8.02. The van der Waals surface area contributed by atoms with Crippen molar-refractivity contribution in [3.63, 3.8) is 0 Å². The molecule has 6 heteroatoms. The molecule has 1 saturated heterocycles. The number of aliphatic hydroxyl groups excluding tert-OH is 1. The second-order valence-corrected chi connectivity index (χ2v) is 8.56. The first-order valence-electron chi connectivity index (χ1n) is 9.79. The van der Waals surface area contributed by atoms with Gasteiger partial charge in [-0.25, -0.2) is 4.98 Å². The molecule has 1 aliphatic heterocycles. The van der Waals surface area contributed by atoms with Crippen molar-refractivity contribution in [1.29, 1.82) is 0 Å². The smallest absolute Gasteiger partial charge is 0.126 e. The summed E-state index contributed by atoms with van der Waals surface area (Å²) in [6, 6.07) is 4.43. The monoisotopic (exact) mass is 375 g/mol. The fourth-order valence-corrected chi connectivity index (χ4v) is 5.00. The lowest BCUT2D eigenvalue weighted by Crippen LogP contribution is -2.35. The number of ether oxygens (including phenoxy) is 1.